The quantitative estimate of drug-likeness (QED) is 0.346. The van der Waals surface area contributed by atoms with Crippen molar-refractivity contribution in [3.05, 3.63) is 47.5 Å². The molecule has 0 bridgehead atoms. The number of nitrogens with one attached hydrogen (secondary N) is 3. The number of nitrogens with two attached hydrogens (primary N) is 1. The third-order valence-corrected chi connectivity index (χ3v) is 6.73. The lowest BCUT2D eigenvalue weighted by atomic mass is 9.93. The van der Waals surface area contributed by atoms with E-state index in [1.165, 1.54) is 0 Å². The minimum Gasteiger partial charge on any atom is -0.383 e. The second kappa shape index (κ2) is 8.49. The highest BCUT2D eigenvalue weighted by molar-refractivity contribution is 5.95. The lowest BCUT2D eigenvalue weighted by Crippen LogP contribution is -2.25. The maximum atomic E-state index is 11.8. The Morgan fingerprint density at radius 2 is 2.06 bits per heavy atom. The maximum Gasteiger partial charge on any atom is 0.241 e. The number of nitrogens with zero attached hydrogens (tertiary/aromatic N) is 6. The van der Waals surface area contributed by atoms with E-state index in [9.17, 15) is 10.1 Å². The largest absolute Gasteiger partial charge is 0.383 e. The smallest absolute Gasteiger partial charge is 0.241 e. The fourth-order valence-corrected chi connectivity index (χ4v) is 4.86. The number of anilines is 4. The molecule has 2 aliphatic rings. The van der Waals surface area contributed by atoms with Gasteiger partial charge in [-0.1, -0.05) is 0 Å². The number of pyridine rings is 3. The van der Waals surface area contributed by atoms with Gasteiger partial charge in [-0.3, -0.25) is 14.5 Å². The van der Waals surface area contributed by atoms with Crippen LogP contribution in [-0.4, -0.2) is 43.7 Å². The van der Waals surface area contributed by atoms with Crippen molar-refractivity contribution in [2.45, 2.75) is 32.2 Å². The summed E-state index contributed by atoms with van der Waals surface area (Å²) in [5.41, 5.74) is 11.5. The molecule has 180 valence electrons. The molecule has 0 aromatic carbocycles. The van der Waals surface area contributed by atoms with Crippen molar-refractivity contribution in [3.63, 3.8) is 0 Å². The van der Waals surface area contributed by atoms with Crippen LogP contribution in [0.5, 0.6) is 0 Å². The molecule has 0 saturated heterocycles. The SMILES string of the molecule is Cc1c(-c2cc3cc(Nc4cc5n(n4)CC(=O)NCC5)ncc3c(N)n2)cnc2c1NCC[C@H]2C#N. The van der Waals surface area contributed by atoms with Crippen molar-refractivity contribution in [3.8, 4) is 17.3 Å². The summed E-state index contributed by atoms with van der Waals surface area (Å²) >= 11 is 0. The van der Waals surface area contributed by atoms with Gasteiger partial charge in [0.1, 0.15) is 18.2 Å². The Bertz CT molecular complexity index is 1570. The van der Waals surface area contributed by atoms with Crippen LogP contribution in [0.1, 0.15) is 29.3 Å². The first-order valence-electron chi connectivity index (χ1n) is 11.8. The molecule has 11 heteroatoms. The Kier molecular flexibility index (Phi) is 5.14. The maximum absolute atomic E-state index is 11.8. The van der Waals surface area contributed by atoms with Gasteiger partial charge in [0.15, 0.2) is 5.82 Å². The molecule has 0 radical (unpaired) electrons. The Labute approximate surface area is 206 Å². The van der Waals surface area contributed by atoms with Crippen LogP contribution >= 0.6 is 0 Å². The molecule has 4 aromatic heterocycles. The molecular weight excluding hydrogens is 456 g/mol. The van der Waals surface area contributed by atoms with Crippen LogP contribution in [0.3, 0.4) is 0 Å². The highest BCUT2D eigenvalue weighted by Gasteiger charge is 2.24. The van der Waals surface area contributed by atoms with Crippen molar-refractivity contribution >= 4 is 39.8 Å². The fourth-order valence-electron chi connectivity index (χ4n) is 4.86. The molecular formula is C25H24N10O. The Balaban J connectivity index is 1.35. The van der Waals surface area contributed by atoms with Gasteiger partial charge in [0.25, 0.3) is 0 Å². The van der Waals surface area contributed by atoms with Gasteiger partial charge in [-0.15, -0.1) is 0 Å². The van der Waals surface area contributed by atoms with E-state index in [0.29, 0.717) is 29.7 Å². The van der Waals surface area contributed by atoms with Gasteiger partial charge in [-0.25, -0.2) is 9.97 Å². The molecule has 1 atom stereocenters. The number of nitrogen functional groups attached to an aromatic ring is 1. The molecule has 0 unspecified atom stereocenters. The Morgan fingerprint density at radius 3 is 2.92 bits per heavy atom. The summed E-state index contributed by atoms with van der Waals surface area (Å²) in [4.78, 5) is 25.5. The van der Waals surface area contributed by atoms with Crippen LogP contribution in [0, 0.1) is 18.3 Å². The number of hydrogen-bond donors (Lipinski definition) is 4. The van der Waals surface area contributed by atoms with Crippen molar-refractivity contribution in [2.75, 3.05) is 29.5 Å². The molecule has 6 heterocycles. The number of amides is 1. The summed E-state index contributed by atoms with van der Waals surface area (Å²) in [6.45, 7) is 3.53. The topological polar surface area (TPSA) is 159 Å². The molecule has 6 rings (SSSR count). The summed E-state index contributed by atoms with van der Waals surface area (Å²) in [7, 11) is 0. The molecule has 11 nitrogen and oxygen atoms in total. The normalized spacial score (nSPS) is 16.8. The standard InChI is InChI=1S/C25H24N10O/c1-13-17(10-31-24-14(9-26)2-4-29-23(13)24)19-6-15-7-20(30-11-18(15)25(27)32-19)33-21-8-16-3-5-28-22(36)12-35(16)34-21/h6-8,10-11,14,29H,2-5,12H2,1H3,(H2,27,32)(H,28,36)(H,30,33,34)/t14-/m0/s1. The molecule has 2 aliphatic heterocycles. The van der Waals surface area contributed by atoms with Crippen molar-refractivity contribution in [2.24, 2.45) is 0 Å². The third-order valence-electron chi connectivity index (χ3n) is 6.73. The van der Waals surface area contributed by atoms with Gasteiger partial charge < -0.3 is 21.7 Å². The van der Waals surface area contributed by atoms with Crippen LogP contribution in [0.2, 0.25) is 0 Å². The van der Waals surface area contributed by atoms with Gasteiger partial charge >= 0.3 is 0 Å². The van der Waals surface area contributed by atoms with Gasteiger partial charge in [-0.05, 0) is 36.4 Å². The van der Waals surface area contributed by atoms with E-state index < -0.39 is 0 Å². The van der Waals surface area contributed by atoms with E-state index in [-0.39, 0.29) is 18.4 Å². The first-order chi connectivity index (χ1) is 17.5. The summed E-state index contributed by atoms with van der Waals surface area (Å²) in [5, 5.41) is 25.1. The third kappa shape index (κ3) is 3.73. The van der Waals surface area contributed by atoms with Gasteiger partial charge in [0.2, 0.25) is 5.91 Å². The summed E-state index contributed by atoms with van der Waals surface area (Å²) in [6, 6.07) is 8.15. The second-order valence-corrected chi connectivity index (χ2v) is 9.04. The second-order valence-electron chi connectivity index (χ2n) is 9.04. The number of carbonyl (C=O) groups excluding carboxylic acids is 1. The number of hydrogen-bond acceptors (Lipinski definition) is 9. The van der Waals surface area contributed by atoms with E-state index in [2.05, 4.69) is 42.1 Å². The van der Waals surface area contributed by atoms with Gasteiger partial charge in [0, 0.05) is 54.6 Å². The molecule has 0 fully saturated rings. The Morgan fingerprint density at radius 1 is 1.17 bits per heavy atom. The molecule has 0 spiro atoms. The lowest BCUT2D eigenvalue weighted by Gasteiger charge is -2.24. The summed E-state index contributed by atoms with van der Waals surface area (Å²) in [6.07, 6.45) is 4.92. The predicted molar refractivity (Wildman–Crippen MR) is 136 cm³/mol. The predicted octanol–water partition coefficient (Wildman–Crippen LogP) is 2.62. The highest BCUT2D eigenvalue weighted by Crippen LogP contribution is 2.37. The first kappa shape index (κ1) is 21.8. The zero-order valence-electron chi connectivity index (χ0n) is 19.7. The highest BCUT2D eigenvalue weighted by atomic mass is 16.2. The van der Waals surface area contributed by atoms with E-state index in [0.717, 1.165) is 58.4 Å². The average Bonchev–Trinajstić information content (AvgIpc) is 3.14. The number of nitriles is 1. The molecule has 36 heavy (non-hydrogen) atoms. The Hall–Kier alpha value is -4.72. The molecule has 4 aromatic rings. The van der Waals surface area contributed by atoms with Crippen molar-refractivity contribution in [1.29, 1.82) is 5.26 Å². The van der Waals surface area contributed by atoms with E-state index in [4.69, 9.17) is 5.73 Å². The minimum atomic E-state index is -0.212. The average molecular weight is 481 g/mol. The first-order valence-corrected chi connectivity index (χ1v) is 11.8. The molecule has 0 aliphatic carbocycles. The number of rotatable bonds is 3. The summed E-state index contributed by atoms with van der Waals surface area (Å²) in [5.74, 6) is 1.35. The number of aromatic nitrogens is 5. The lowest BCUT2D eigenvalue weighted by molar-refractivity contribution is -0.121. The van der Waals surface area contributed by atoms with Crippen LogP contribution in [0.15, 0.2) is 30.6 Å². The van der Waals surface area contributed by atoms with Crippen molar-refractivity contribution < 1.29 is 4.79 Å². The van der Waals surface area contributed by atoms with Gasteiger partial charge in [0.05, 0.1) is 29.1 Å². The minimum absolute atomic E-state index is 0.0481. The van der Waals surface area contributed by atoms with E-state index in [1.807, 2.05) is 25.1 Å². The number of fused-ring (bicyclic) bond motifs is 3. The molecule has 0 saturated carbocycles. The van der Waals surface area contributed by atoms with Gasteiger partial charge in [-0.2, -0.15) is 10.4 Å². The zero-order chi connectivity index (χ0) is 24.8. The van der Waals surface area contributed by atoms with Crippen LogP contribution < -0.4 is 21.7 Å². The fraction of sp³-hybridized carbons (Fsp3) is 0.280. The molecule has 1 amide bonds. The van der Waals surface area contributed by atoms with E-state index >= 15 is 0 Å². The monoisotopic (exact) mass is 480 g/mol. The van der Waals surface area contributed by atoms with Crippen LogP contribution in [-0.2, 0) is 17.8 Å². The molecule has 5 N–H and O–H groups in total. The van der Waals surface area contributed by atoms with Crippen LogP contribution in [0.4, 0.5) is 23.1 Å². The number of carbonyl (C=O) groups is 1. The van der Waals surface area contributed by atoms with Crippen LogP contribution in [0.25, 0.3) is 22.0 Å². The van der Waals surface area contributed by atoms with E-state index in [1.54, 1.807) is 17.1 Å². The summed E-state index contributed by atoms with van der Waals surface area (Å²) < 4.78 is 1.71. The zero-order valence-corrected chi connectivity index (χ0v) is 19.7. The van der Waals surface area contributed by atoms with Crippen molar-refractivity contribution in [1.82, 2.24) is 30.0 Å².